The Labute approximate surface area is 137 Å². The van der Waals surface area contributed by atoms with Crippen molar-refractivity contribution in [1.29, 1.82) is 0 Å². The molecular formula is C16H24ClN3O2. The van der Waals surface area contributed by atoms with Crippen LogP contribution in [0.15, 0.2) is 24.3 Å². The Bertz CT molecular complexity index is 518. The molecule has 1 aromatic carbocycles. The molecule has 0 aliphatic heterocycles. The SMILES string of the molecule is CN(C(=O)C1CC1)c1ccccc1C(=O)NCCCCN.Cl. The molecule has 5 nitrogen and oxygen atoms in total. The molecule has 0 heterocycles. The maximum absolute atomic E-state index is 12.3. The van der Waals surface area contributed by atoms with Crippen LogP contribution < -0.4 is 16.0 Å². The summed E-state index contributed by atoms with van der Waals surface area (Å²) in [4.78, 5) is 26.0. The van der Waals surface area contributed by atoms with E-state index >= 15 is 0 Å². The molecule has 1 fully saturated rings. The number of nitrogens with zero attached hydrogens (tertiary/aromatic N) is 1. The van der Waals surface area contributed by atoms with Crippen LogP contribution in [0.2, 0.25) is 0 Å². The molecule has 1 saturated carbocycles. The number of carbonyl (C=O) groups is 2. The number of unbranched alkanes of at least 4 members (excludes halogenated alkanes) is 1. The summed E-state index contributed by atoms with van der Waals surface area (Å²) in [5, 5.41) is 2.88. The third-order valence-electron chi connectivity index (χ3n) is 3.68. The number of halogens is 1. The maximum atomic E-state index is 12.3. The van der Waals surface area contributed by atoms with Crippen LogP contribution in [0.5, 0.6) is 0 Å². The van der Waals surface area contributed by atoms with Crippen LogP contribution in [0.4, 0.5) is 5.69 Å². The highest BCUT2D eigenvalue weighted by Gasteiger charge is 2.33. The van der Waals surface area contributed by atoms with Gasteiger partial charge >= 0.3 is 0 Å². The van der Waals surface area contributed by atoms with Gasteiger partial charge in [0, 0.05) is 19.5 Å². The minimum Gasteiger partial charge on any atom is -0.352 e. The van der Waals surface area contributed by atoms with Crippen molar-refractivity contribution in [2.75, 3.05) is 25.0 Å². The second-order valence-electron chi connectivity index (χ2n) is 5.44. The van der Waals surface area contributed by atoms with E-state index in [1.165, 1.54) is 0 Å². The first-order chi connectivity index (χ1) is 10.1. The number of amides is 2. The van der Waals surface area contributed by atoms with Crippen molar-refractivity contribution in [3.63, 3.8) is 0 Å². The lowest BCUT2D eigenvalue weighted by molar-refractivity contribution is -0.119. The number of rotatable bonds is 7. The fourth-order valence-corrected chi connectivity index (χ4v) is 2.25. The van der Waals surface area contributed by atoms with Gasteiger partial charge in [0.2, 0.25) is 5.91 Å². The van der Waals surface area contributed by atoms with E-state index in [9.17, 15) is 9.59 Å². The van der Waals surface area contributed by atoms with Gasteiger partial charge in [-0.25, -0.2) is 0 Å². The minimum absolute atomic E-state index is 0. The summed E-state index contributed by atoms with van der Waals surface area (Å²) in [6.45, 7) is 1.23. The number of benzene rings is 1. The van der Waals surface area contributed by atoms with Gasteiger partial charge in [0.25, 0.3) is 5.91 Å². The molecule has 0 atom stereocenters. The molecule has 1 aliphatic carbocycles. The summed E-state index contributed by atoms with van der Waals surface area (Å²) in [7, 11) is 1.74. The van der Waals surface area contributed by atoms with Crippen LogP contribution in [0, 0.1) is 5.92 Å². The Hall–Kier alpha value is -1.59. The summed E-state index contributed by atoms with van der Waals surface area (Å²) in [6, 6.07) is 7.23. The van der Waals surface area contributed by atoms with Gasteiger partial charge in [-0.1, -0.05) is 12.1 Å². The molecule has 2 rings (SSSR count). The third-order valence-corrected chi connectivity index (χ3v) is 3.68. The first-order valence-electron chi connectivity index (χ1n) is 7.50. The highest BCUT2D eigenvalue weighted by molar-refractivity contribution is 6.05. The van der Waals surface area contributed by atoms with Crippen molar-refractivity contribution in [2.45, 2.75) is 25.7 Å². The second kappa shape index (κ2) is 8.76. The first-order valence-corrected chi connectivity index (χ1v) is 7.50. The van der Waals surface area contributed by atoms with Crippen molar-refractivity contribution < 1.29 is 9.59 Å². The quantitative estimate of drug-likeness (QED) is 0.752. The lowest BCUT2D eigenvalue weighted by Crippen LogP contribution is -2.32. The topological polar surface area (TPSA) is 75.4 Å². The molecule has 0 unspecified atom stereocenters. The zero-order chi connectivity index (χ0) is 15.2. The fourth-order valence-electron chi connectivity index (χ4n) is 2.25. The Morgan fingerprint density at radius 3 is 2.59 bits per heavy atom. The van der Waals surface area contributed by atoms with E-state index in [1.807, 2.05) is 18.2 Å². The highest BCUT2D eigenvalue weighted by atomic mass is 35.5. The van der Waals surface area contributed by atoms with Crippen LogP contribution in [0.3, 0.4) is 0 Å². The highest BCUT2D eigenvalue weighted by Crippen LogP contribution is 2.33. The molecule has 22 heavy (non-hydrogen) atoms. The summed E-state index contributed by atoms with van der Waals surface area (Å²) < 4.78 is 0. The lowest BCUT2D eigenvalue weighted by atomic mass is 10.1. The Morgan fingerprint density at radius 2 is 1.95 bits per heavy atom. The van der Waals surface area contributed by atoms with Crippen molar-refractivity contribution in [1.82, 2.24) is 5.32 Å². The van der Waals surface area contributed by atoms with Crippen LogP contribution in [-0.4, -0.2) is 32.0 Å². The minimum atomic E-state index is -0.141. The molecule has 0 aromatic heterocycles. The van der Waals surface area contributed by atoms with Crippen molar-refractivity contribution in [2.24, 2.45) is 11.7 Å². The molecule has 3 N–H and O–H groups in total. The first kappa shape index (κ1) is 18.5. The summed E-state index contributed by atoms with van der Waals surface area (Å²) in [5.74, 6) is 0.0899. The predicted molar refractivity (Wildman–Crippen MR) is 90.4 cm³/mol. The Morgan fingerprint density at radius 1 is 1.27 bits per heavy atom. The second-order valence-corrected chi connectivity index (χ2v) is 5.44. The van der Waals surface area contributed by atoms with Gasteiger partial charge in [-0.3, -0.25) is 9.59 Å². The largest absolute Gasteiger partial charge is 0.352 e. The van der Waals surface area contributed by atoms with Crippen molar-refractivity contribution in [3.05, 3.63) is 29.8 Å². The summed E-state index contributed by atoms with van der Waals surface area (Å²) in [6.07, 6.45) is 3.66. The predicted octanol–water partition coefficient (Wildman–Crippen LogP) is 1.95. The number of hydrogen-bond acceptors (Lipinski definition) is 3. The van der Waals surface area contributed by atoms with Crippen LogP contribution in [0.25, 0.3) is 0 Å². The number of para-hydroxylation sites is 1. The van der Waals surface area contributed by atoms with Crippen LogP contribution >= 0.6 is 12.4 Å². The molecule has 0 spiro atoms. The number of nitrogens with one attached hydrogen (secondary N) is 1. The number of hydrogen-bond donors (Lipinski definition) is 2. The van der Waals surface area contributed by atoms with E-state index in [-0.39, 0.29) is 30.1 Å². The van der Waals surface area contributed by atoms with Crippen molar-refractivity contribution in [3.8, 4) is 0 Å². The van der Waals surface area contributed by atoms with E-state index in [1.54, 1.807) is 18.0 Å². The number of anilines is 1. The number of carbonyl (C=O) groups excluding carboxylic acids is 2. The van der Waals surface area contributed by atoms with Crippen LogP contribution in [-0.2, 0) is 4.79 Å². The average molecular weight is 326 g/mol. The molecule has 1 aromatic rings. The third kappa shape index (κ3) is 4.71. The normalized spacial score (nSPS) is 13.2. The summed E-state index contributed by atoms with van der Waals surface area (Å²) >= 11 is 0. The van der Waals surface area contributed by atoms with E-state index in [4.69, 9.17) is 5.73 Å². The van der Waals surface area contributed by atoms with Gasteiger partial charge in [0.1, 0.15) is 0 Å². The maximum Gasteiger partial charge on any atom is 0.253 e. The summed E-state index contributed by atoms with van der Waals surface area (Å²) in [5.41, 5.74) is 6.65. The van der Waals surface area contributed by atoms with Gasteiger partial charge in [0.05, 0.1) is 11.3 Å². The van der Waals surface area contributed by atoms with Gasteiger partial charge in [-0.15, -0.1) is 12.4 Å². The van der Waals surface area contributed by atoms with E-state index < -0.39 is 0 Å². The molecule has 2 amide bonds. The molecule has 0 saturated heterocycles. The fraction of sp³-hybridized carbons (Fsp3) is 0.500. The molecule has 0 bridgehead atoms. The smallest absolute Gasteiger partial charge is 0.253 e. The number of nitrogens with two attached hydrogens (primary N) is 1. The van der Waals surface area contributed by atoms with Crippen LogP contribution in [0.1, 0.15) is 36.0 Å². The standard InChI is InChI=1S/C16H23N3O2.ClH/c1-19(16(21)12-8-9-12)14-7-3-2-6-13(14)15(20)18-11-5-4-10-17;/h2-3,6-7,12H,4-5,8-11,17H2,1H3,(H,18,20);1H. The van der Waals surface area contributed by atoms with Gasteiger partial charge in [-0.05, 0) is 44.4 Å². The average Bonchev–Trinajstić information content (AvgIpc) is 3.34. The van der Waals surface area contributed by atoms with Gasteiger partial charge < -0.3 is 16.0 Å². The zero-order valence-electron chi connectivity index (χ0n) is 12.9. The monoisotopic (exact) mass is 325 g/mol. The molecule has 6 heteroatoms. The Kier molecular flexibility index (Phi) is 7.35. The lowest BCUT2D eigenvalue weighted by Gasteiger charge is -2.20. The molecule has 0 radical (unpaired) electrons. The molecular weight excluding hydrogens is 302 g/mol. The zero-order valence-corrected chi connectivity index (χ0v) is 13.7. The van der Waals surface area contributed by atoms with Crippen molar-refractivity contribution >= 4 is 29.9 Å². The molecule has 122 valence electrons. The van der Waals surface area contributed by atoms with E-state index in [0.29, 0.717) is 24.3 Å². The van der Waals surface area contributed by atoms with E-state index in [2.05, 4.69) is 5.32 Å². The van der Waals surface area contributed by atoms with Gasteiger partial charge in [0.15, 0.2) is 0 Å². The van der Waals surface area contributed by atoms with E-state index in [0.717, 1.165) is 25.7 Å². The Balaban J connectivity index is 0.00000242. The molecule has 1 aliphatic rings. The van der Waals surface area contributed by atoms with Gasteiger partial charge in [-0.2, -0.15) is 0 Å².